The van der Waals surface area contributed by atoms with Crippen molar-refractivity contribution in [1.29, 1.82) is 0 Å². The number of nitrogens with zero attached hydrogens (tertiary/aromatic N) is 6. The highest BCUT2D eigenvalue weighted by atomic mass is 19.1. The van der Waals surface area contributed by atoms with Gasteiger partial charge in [0.05, 0.1) is 19.8 Å². The topological polar surface area (TPSA) is 59.3 Å². The smallest absolute Gasteiger partial charge is 0.165 e. The van der Waals surface area contributed by atoms with Crippen molar-refractivity contribution < 1.29 is 9.13 Å². The second kappa shape index (κ2) is 7.67. The number of morpholine rings is 1. The summed E-state index contributed by atoms with van der Waals surface area (Å²) in [6.45, 7) is 5.74. The Balaban J connectivity index is 1.48. The Morgan fingerprint density at radius 2 is 2.08 bits per heavy atom. The minimum Gasteiger partial charge on any atom is -0.379 e. The number of halogens is 1. The molecule has 2 aromatic rings. The van der Waals surface area contributed by atoms with Crippen LogP contribution in [-0.2, 0) is 18.3 Å². The minimum atomic E-state index is -0.265. The number of piperidine rings is 1. The average Bonchev–Trinajstić information content (AvgIpc) is 3.03. The summed E-state index contributed by atoms with van der Waals surface area (Å²) >= 11 is 0. The lowest BCUT2D eigenvalue weighted by Crippen LogP contribution is -2.37. The number of rotatable bonds is 4. The van der Waals surface area contributed by atoms with Crippen LogP contribution < -0.4 is 4.90 Å². The molecule has 0 spiro atoms. The summed E-state index contributed by atoms with van der Waals surface area (Å²) in [5.74, 6) is 2.37. The lowest BCUT2D eigenvalue weighted by molar-refractivity contribution is 0.0326. The molecule has 0 unspecified atom stereocenters. The largest absolute Gasteiger partial charge is 0.379 e. The van der Waals surface area contributed by atoms with Crippen LogP contribution >= 0.6 is 0 Å². The summed E-state index contributed by atoms with van der Waals surface area (Å²) in [4.78, 5) is 8.59. The number of aromatic nitrogens is 4. The number of hydrogen-bond acceptors (Lipinski definition) is 6. The normalized spacial score (nSPS) is 21.9. The van der Waals surface area contributed by atoms with Crippen molar-refractivity contribution in [2.75, 3.05) is 44.3 Å². The fourth-order valence-corrected chi connectivity index (χ4v) is 3.82. The standard InChI is InChI=1S/C18H25FN6O/c1-23-16(13-24-8-10-26-11-9-24)21-22-17(23)14-4-3-7-25(12-14)18-15(19)5-2-6-20-18/h2,5-6,14H,3-4,7-13H2,1H3/t14-/m1/s1. The van der Waals surface area contributed by atoms with Crippen molar-refractivity contribution in [1.82, 2.24) is 24.6 Å². The molecule has 0 bridgehead atoms. The molecule has 0 amide bonds. The molecule has 2 saturated heterocycles. The van der Waals surface area contributed by atoms with E-state index in [9.17, 15) is 4.39 Å². The molecule has 2 aliphatic rings. The molecule has 4 heterocycles. The van der Waals surface area contributed by atoms with Crippen LogP contribution in [0.5, 0.6) is 0 Å². The molecule has 140 valence electrons. The van der Waals surface area contributed by atoms with Crippen LogP contribution in [0.25, 0.3) is 0 Å². The third kappa shape index (κ3) is 3.57. The predicted molar refractivity (Wildman–Crippen MR) is 95.5 cm³/mol. The molecule has 0 radical (unpaired) electrons. The SMILES string of the molecule is Cn1c(CN2CCOCC2)nnc1[C@@H]1CCCN(c2ncccc2F)C1. The average molecular weight is 360 g/mol. The van der Waals surface area contributed by atoms with Crippen LogP contribution in [0.15, 0.2) is 18.3 Å². The first-order chi connectivity index (χ1) is 12.7. The van der Waals surface area contributed by atoms with E-state index in [1.165, 1.54) is 6.07 Å². The Morgan fingerprint density at radius 3 is 2.88 bits per heavy atom. The lowest BCUT2D eigenvalue weighted by Gasteiger charge is -2.33. The van der Waals surface area contributed by atoms with Gasteiger partial charge in [-0.2, -0.15) is 0 Å². The third-order valence-electron chi connectivity index (χ3n) is 5.29. The Hall–Kier alpha value is -2.06. The molecule has 8 heteroatoms. The van der Waals surface area contributed by atoms with E-state index in [0.29, 0.717) is 5.82 Å². The monoisotopic (exact) mass is 360 g/mol. The molecular formula is C18H25FN6O. The van der Waals surface area contributed by atoms with Crippen molar-refractivity contribution in [2.24, 2.45) is 7.05 Å². The maximum Gasteiger partial charge on any atom is 0.165 e. The van der Waals surface area contributed by atoms with Gasteiger partial charge in [-0.25, -0.2) is 9.37 Å². The van der Waals surface area contributed by atoms with Gasteiger partial charge in [0, 0.05) is 45.3 Å². The molecule has 0 aliphatic carbocycles. The van der Waals surface area contributed by atoms with E-state index in [-0.39, 0.29) is 11.7 Å². The van der Waals surface area contributed by atoms with Gasteiger partial charge in [0.1, 0.15) is 11.6 Å². The lowest BCUT2D eigenvalue weighted by atomic mass is 9.97. The van der Waals surface area contributed by atoms with Crippen LogP contribution in [0.4, 0.5) is 10.2 Å². The van der Waals surface area contributed by atoms with Crippen LogP contribution in [0.3, 0.4) is 0 Å². The van der Waals surface area contributed by atoms with Crippen LogP contribution in [-0.4, -0.2) is 64.0 Å². The summed E-state index contributed by atoms with van der Waals surface area (Å²) < 4.78 is 21.6. The Kier molecular flexibility index (Phi) is 5.12. The van der Waals surface area contributed by atoms with Gasteiger partial charge in [0.25, 0.3) is 0 Å². The number of hydrogen-bond donors (Lipinski definition) is 0. The van der Waals surface area contributed by atoms with Crippen molar-refractivity contribution in [3.63, 3.8) is 0 Å². The van der Waals surface area contributed by atoms with Crippen molar-refractivity contribution in [3.8, 4) is 0 Å². The molecule has 1 atom stereocenters. The first kappa shape index (κ1) is 17.4. The Labute approximate surface area is 152 Å². The van der Waals surface area contributed by atoms with Gasteiger partial charge in [-0.05, 0) is 25.0 Å². The number of ether oxygens (including phenoxy) is 1. The van der Waals surface area contributed by atoms with E-state index in [1.54, 1.807) is 12.3 Å². The molecule has 26 heavy (non-hydrogen) atoms. The molecular weight excluding hydrogens is 335 g/mol. The first-order valence-electron chi connectivity index (χ1n) is 9.26. The van der Waals surface area contributed by atoms with Crippen molar-refractivity contribution in [2.45, 2.75) is 25.3 Å². The summed E-state index contributed by atoms with van der Waals surface area (Å²) in [6, 6.07) is 3.09. The second-order valence-electron chi connectivity index (χ2n) is 7.02. The van der Waals surface area contributed by atoms with E-state index in [4.69, 9.17) is 4.74 Å². The third-order valence-corrected chi connectivity index (χ3v) is 5.29. The van der Waals surface area contributed by atoms with Gasteiger partial charge in [-0.3, -0.25) is 4.90 Å². The second-order valence-corrected chi connectivity index (χ2v) is 7.02. The van der Waals surface area contributed by atoms with Crippen molar-refractivity contribution >= 4 is 5.82 Å². The minimum absolute atomic E-state index is 0.237. The highest BCUT2D eigenvalue weighted by molar-refractivity contribution is 5.40. The number of pyridine rings is 1. The number of anilines is 1. The summed E-state index contributed by atoms with van der Waals surface area (Å²) in [6.07, 6.45) is 3.67. The highest BCUT2D eigenvalue weighted by Gasteiger charge is 2.28. The molecule has 0 aromatic carbocycles. The van der Waals surface area contributed by atoms with E-state index in [0.717, 1.165) is 70.4 Å². The van der Waals surface area contributed by atoms with Gasteiger partial charge >= 0.3 is 0 Å². The molecule has 2 aromatic heterocycles. The highest BCUT2D eigenvalue weighted by Crippen LogP contribution is 2.29. The first-order valence-corrected chi connectivity index (χ1v) is 9.26. The van der Waals surface area contributed by atoms with Crippen LogP contribution in [0.2, 0.25) is 0 Å². The van der Waals surface area contributed by atoms with Gasteiger partial charge < -0.3 is 14.2 Å². The van der Waals surface area contributed by atoms with Gasteiger partial charge in [0.15, 0.2) is 11.6 Å². The Morgan fingerprint density at radius 1 is 1.23 bits per heavy atom. The molecule has 4 rings (SSSR count). The van der Waals surface area contributed by atoms with Crippen LogP contribution in [0.1, 0.15) is 30.4 Å². The van der Waals surface area contributed by atoms with Gasteiger partial charge in [-0.15, -0.1) is 10.2 Å². The van der Waals surface area contributed by atoms with Crippen LogP contribution in [0, 0.1) is 5.82 Å². The fraction of sp³-hybridized carbons (Fsp3) is 0.611. The van der Waals surface area contributed by atoms with E-state index < -0.39 is 0 Å². The van der Waals surface area contributed by atoms with Gasteiger partial charge in [-0.1, -0.05) is 0 Å². The molecule has 0 saturated carbocycles. The van der Waals surface area contributed by atoms with Gasteiger partial charge in [0.2, 0.25) is 0 Å². The maximum absolute atomic E-state index is 14.1. The summed E-state index contributed by atoms with van der Waals surface area (Å²) in [5.41, 5.74) is 0. The van der Waals surface area contributed by atoms with E-state index >= 15 is 0 Å². The zero-order valence-corrected chi connectivity index (χ0v) is 15.1. The zero-order valence-electron chi connectivity index (χ0n) is 15.1. The fourth-order valence-electron chi connectivity index (χ4n) is 3.82. The quantitative estimate of drug-likeness (QED) is 0.825. The molecule has 2 fully saturated rings. The zero-order chi connectivity index (χ0) is 17.9. The maximum atomic E-state index is 14.1. The summed E-state index contributed by atoms with van der Waals surface area (Å²) in [5, 5.41) is 8.89. The predicted octanol–water partition coefficient (Wildman–Crippen LogP) is 1.57. The van der Waals surface area contributed by atoms with Crippen molar-refractivity contribution in [3.05, 3.63) is 35.8 Å². The molecule has 0 N–H and O–H groups in total. The molecule has 7 nitrogen and oxygen atoms in total. The Bertz CT molecular complexity index is 745. The van der Waals surface area contributed by atoms with E-state index in [1.807, 2.05) is 11.9 Å². The van der Waals surface area contributed by atoms with E-state index in [2.05, 4.69) is 24.6 Å². The molecule has 2 aliphatic heterocycles. The summed E-state index contributed by atoms with van der Waals surface area (Å²) in [7, 11) is 2.03.